The number of methoxy groups -OCH3 is 1. The molecular weight excluding hydrogens is 188 g/mol. The summed E-state index contributed by atoms with van der Waals surface area (Å²) in [7, 11) is 1.64. The third kappa shape index (κ3) is 8.08. The molecule has 0 spiro atoms. The number of hydrogen-bond donors (Lipinski definition) is 0. The van der Waals surface area contributed by atoms with E-state index in [1.165, 1.54) is 0 Å². The van der Waals surface area contributed by atoms with Crippen molar-refractivity contribution in [2.75, 3.05) is 7.11 Å². The van der Waals surface area contributed by atoms with Crippen LogP contribution in [0.15, 0.2) is 36.6 Å². The van der Waals surface area contributed by atoms with E-state index in [4.69, 9.17) is 15.3 Å². The third-order valence-electron chi connectivity index (χ3n) is 1.35. The summed E-state index contributed by atoms with van der Waals surface area (Å²) in [5.74, 6) is 0. The maximum atomic E-state index is 7.59. The van der Waals surface area contributed by atoms with Crippen LogP contribution in [0.4, 0.5) is 0 Å². The zero-order chi connectivity index (χ0) is 11.4. The van der Waals surface area contributed by atoms with Gasteiger partial charge in [0.15, 0.2) is 0 Å². The summed E-state index contributed by atoms with van der Waals surface area (Å²) in [6, 6.07) is 13.3. The predicted octanol–water partition coefficient (Wildman–Crippen LogP) is 2.73. The molecule has 0 aliphatic rings. The minimum absolute atomic E-state index is 0. The first kappa shape index (κ1) is 12.7. The van der Waals surface area contributed by atoms with Gasteiger partial charge >= 0.3 is 0 Å². The fraction of sp³-hybridized carbons (Fsp3) is 0.167. The molecule has 0 bridgehead atoms. The molecule has 0 saturated carbocycles. The largest absolute Gasteiger partial charge is 0.504 e. The van der Waals surface area contributed by atoms with Crippen molar-refractivity contribution < 1.29 is 4.74 Å². The minimum atomic E-state index is 0. The lowest BCUT2D eigenvalue weighted by atomic mass is 10.2. The number of rotatable bonds is 2. The van der Waals surface area contributed by atoms with E-state index in [0.29, 0.717) is 0 Å². The molecule has 0 aromatic heterocycles. The van der Waals surface area contributed by atoms with Crippen LogP contribution in [-0.2, 0) is 4.74 Å². The Balaban J connectivity index is 0.000000336. The van der Waals surface area contributed by atoms with Crippen molar-refractivity contribution in [3.8, 4) is 12.1 Å². The number of benzene rings is 1. The molecule has 0 N–H and O–H groups in total. The van der Waals surface area contributed by atoms with Crippen molar-refractivity contribution in [3.63, 3.8) is 0 Å². The molecule has 0 heterocycles. The molecule has 0 amide bonds. The van der Waals surface area contributed by atoms with Gasteiger partial charge in [-0.2, -0.15) is 10.5 Å². The van der Waals surface area contributed by atoms with E-state index in [1.54, 1.807) is 25.5 Å². The predicted molar refractivity (Wildman–Crippen MR) is 58.3 cm³/mol. The average Bonchev–Trinajstić information content (AvgIpc) is 2.30. The smallest absolute Gasteiger partial charge is 0.122 e. The molecule has 0 aliphatic carbocycles. The van der Waals surface area contributed by atoms with Gasteiger partial charge < -0.3 is 4.74 Å². The Kier molecular flexibility index (Phi) is 8.34. The summed E-state index contributed by atoms with van der Waals surface area (Å²) in [4.78, 5) is 0. The number of hydrogen-bond acceptors (Lipinski definition) is 3. The molecule has 0 saturated heterocycles. The quantitative estimate of drug-likeness (QED) is 0.689. The second kappa shape index (κ2) is 9.83. The summed E-state index contributed by atoms with van der Waals surface area (Å²) >= 11 is 0. The molecule has 0 fully saturated rings. The van der Waals surface area contributed by atoms with Crippen LogP contribution in [-0.4, -0.2) is 7.11 Å². The normalized spacial score (nSPS) is 8.20. The summed E-state index contributed by atoms with van der Waals surface area (Å²) in [5, 5.41) is 15.2. The van der Waals surface area contributed by atoms with E-state index in [-0.39, 0.29) is 6.42 Å². The topological polar surface area (TPSA) is 56.8 Å². The van der Waals surface area contributed by atoms with Crippen LogP contribution in [0.25, 0.3) is 6.08 Å². The van der Waals surface area contributed by atoms with Gasteiger partial charge in [-0.3, -0.25) is 0 Å². The Morgan fingerprint density at radius 2 is 1.80 bits per heavy atom. The van der Waals surface area contributed by atoms with E-state index < -0.39 is 0 Å². The van der Waals surface area contributed by atoms with Crippen molar-refractivity contribution in [1.29, 1.82) is 10.5 Å². The Hall–Kier alpha value is -2.26. The van der Waals surface area contributed by atoms with E-state index >= 15 is 0 Å². The van der Waals surface area contributed by atoms with Crippen molar-refractivity contribution in [1.82, 2.24) is 0 Å². The molecule has 3 heteroatoms. The number of nitriles is 2. The van der Waals surface area contributed by atoms with Gasteiger partial charge in [0.05, 0.1) is 25.5 Å². The maximum absolute atomic E-state index is 7.59. The first-order valence-corrected chi connectivity index (χ1v) is 4.33. The summed E-state index contributed by atoms with van der Waals surface area (Å²) in [6.07, 6.45) is 3.58. The molecule has 76 valence electrons. The fourth-order valence-electron chi connectivity index (χ4n) is 0.746. The molecule has 15 heavy (non-hydrogen) atoms. The standard InChI is InChI=1S/C9H10O.C3H2N2/c1-10-8-7-9-5-3-2-4-6-9;4-2-1-3-5/h2-8H,1H3;1H2. The molecule has 0 aliphatic heterocycles. The van der Waals surface area contributed by atoms with Gasteiger partial charge in [0, 0.05) is 0 Å². The van der Waals surface area contributed by atoms with Crippen molar-refractivity contribution in [2.45, 2.75) is 6.42 Å². The Morgan fingerprint density at radius 1 is 1.20 bits per heavy atom. The first-order chi connectivity index (χ1) is 7.35. The van der Waals surface area contributed by atoms with Gasteiger partial charge in [-0.05, 0) is 11.6 Å². The minimum Gasteiger partial charge on any atom is -0.504 e. The second-order valence-corrected chi connectivity index (χ2v) is 2.44. The first-order valence-electron chi connectivity index (χ1n) is 4.33. The maximum Gasteiger partial charge on any atom is 0.122 e. The van der Waals surface area contributed by atoms with Crippen LogP contribution in [0.1, 0.15) is 12.0 Å². The number of ether oxygens (including phenoxy) is 1. The molecule has 0 unspecified atom stereocenters. The highest BCUT2D eigenvalue weighted by atomic mass is 16.5. The van der Waals surface area contributed by atoms with E-state index in [1.807, 2.05) is 36.4 Å². The fourth-order valence-corrected chi connectivity index (χ4v) is 0.746. The van der Waals surface area contributed by atoms with Crippen molar-refractivity contribution in [2.24, 2.45) is 0 Å². The van der Waals surface area contributed by atoms with Gasteiger partial charge in [-0.1, -0.05) is 30.3 Å². The van der Waals surface area contributed by atoms with E-state index in [2.05, 4.69) is 0 Å². The SMILES string of the molecule is COC=Cc1ccccc1.N#CCC#N. The van der Waals surface area contributed by atoms with Crippen LogP contribution >= 0.6 is 0 Å². The van der Waals surface area contributed by atoms with Gasteiger partial charge in [-0.15, -0.1) is 0 Å². The summed E-state index contributed by atoms with van der Waals surface area (Å²) in [5.41, 5.74) is 1.16. The summed E-state index contributed by atoms with van der Waals surface area (Å²) < 4.78 is 4.77. The molecule has 3 nitrogen and oxygen atoms in total. The third-order valence-corrected chi connectivity index (χ3v) is 1.35. The molecule has 0 atom stereocenters. The molecule has 1 rings (SSSR count). The van der Waals surface area contributed by atoms with Crippen LogP contribution in [0, 0.1) is 22.7 Å². The zero-order valence-electron chi connectivity index (χ0n) is 8.55. The highest BCUT2D eigenvalue weighted by Crippen LogP contribution is 1.99. The molecular formula is C12H12N2O. The van der Waals surface area contributed by atoms with Crippen molar-refractivity contribution >= 4 is 6.08 Å². The Morgan fingerprint density at radius 3 is 2.20 bits per heavy atom. The Labute approximate surface area is 89.8 Å². The van der Waals surface area contributed by atoms with Crippen molar-refractivity contribution in [3.05, 3.63) is 42.2 Å². The van der Waals surface area contributed by atoms with Gasteiger partial charge in [0.25, 0.3) is 0 Å². The summed E-state index contributed by atoms with van der Waals surface area (Å²) in [6.45, 7) is 0. The second-order valence-electron chi connectivity index (χ2n) is 2.44. The molecule has 0 radical (unpaired) electrons. The lowest BCUT2D eigenvalue weighted by Crippen LogP contribution is -1.69. The lowest BCUT2D eigenvalue weighted by Gasteiger charge is -1.89. The van der Waals surface area contributed by atoms with Gasteiger partial charge in [0.1, 0.15) is 6.42 Å². The lowest BCUT2D eigenvalue weighted by molar-refractivity contribution is 0.341. The van der Waals surface area contributed by atoms with E-state index in [9.17, 15) is 0 Å². The average molecular weight is 200 g/mol. The number of nitrogens with zero attached hydrogens (tertiary/aromatic N) is 2. The monoisotopic (exact) mass is 200 g/mol. The molecule has 1 aromatic carbocycles. The van der Waals surface area contributed by atoms with E-state index in [0.717, 1.165) is 5.56 Å². The van der Waals surface area contributed by atoms with Gasteiger partial charge in [0.2, 0.25) is 0 Å². The highest BCUT2D eigenvalue weighted by molar-refractivity contribution is 5.47. The zero-order valence-corrected chi connectivity index (χ0v) is 8.55. The van der Waals surface area contributed by atoms with Gasteiger partial charge in [-0.25, -0.2) is 0 Å². The Bertz CT molecular complexity index is 345. The highest BCUT2D eigenvalue weighted by Gasteiger charge is 1.79. The van der Waals surface area contributed by atoms with Crippen LogP contribution in [0.2, 0.25) is 0 Å². The molecule has 1 aromatic rings. The van der Waals surface area contributed by atoms with Crippen LogP contribution < -0.4 is 0 Å². The van der Waals surface area contributed by atoms with Crippen LogP contribution in [0.3, 0.4) is 0 Å². The van der Waals surface area contributed by atoms with Crippen LogP contribution in [0.5, 0.6) is 0 Å².